The minimum atomic E-state index is -4.11. The first-order valence-corrected chi connectivity index (χ1v) is 5.15. The summed E-state index contributed by atoms with van der Waals surface area (Å²) in [6.07, 6.45) is -3.41. The molecule has 1 atom stereocenters. The SMILES string of the molecule is CN=C(NC)NC1CCN(CC(F)(F)F)C1.I. The number of aliphatic imine (C=N–C) groups is 1. The normalized spacial score (nSPS) is 22.2. The van der Waals surface area contributed by atoms with Gasteiger partial charge in [0.15, 0.2) is 5.96 Å². The Balaban J connectivity index is 0.00000256. The number of guanidine groups is 1. The molecule has 0 aromatic heterocycles. The van der Waals surface area contributed by atoms with Gasteiger partial charge < -0.3 is 10.6 Å². The lowest BCUT2D eigenvalue weighted by Crippen LogP contribution is -2.43. The summed E-state index contributed by atoms with van der Waals surface area (Å²) in [7, 11) is 3.35. The summed E-state index contributed by atoms with van der Waals surface area (Å²) in [5.74, 6) is 0.610. The van der Waals surface area contributed by atoms with Gasteiger partial charge in [-0.25, -0.2) is 0 Å². The largest absolute Gasteiger partial charge is 0.401 e. The number of nitrogens with zero attached hydrogens (tertiary/aromatic N) is 2. The minimum absolute atomic E-state index is 0. The molecule has 102 valence electrons. The number of nitrogens with one attached hydrogen (secondary N) is 2. The first kappa shape index (κ1) is 16.8. The zero-order valence-corrected chi connectivity index (χ0v) is 12.2. The smallest absolute Gasteiger partial charge is 0.359 e. The fraction of sp³-hybridized carbons (Fsp3) is 0.889. The Morgan fingerprint density at radius 1 is 1.47 bits per heavy atom. The Bertz CT molecular complexity index is 257. The van der Waals surface area contributed by atoms with Gasteiger partial charge in [-0.1, -0.05) is 0 Å². The van der Waals surface area contributed by atoms with Crippen molar-refractivity contribution in [1.29, 1.82) is 0 Å². The monoisotopic (exact) mass is 366 g/mol. The third-order valence-electron chi connectivity index (χ3n) is 2.48. The molecule has 4 nitrogen and oxygen atoms in total. The summed E-state index contributed by atoms with van der Waals surface area (Å²) in [5, 5.41) is 5.90. The maximum atomic E-state index is 12.1. The molecule has 0 aromatic carbocycles. The van der Waals surface area contributed by atoms with Gasteiger partial charge in [-0.3, -0.25) is 9.89 Å². The number of rotatable bonds is 2. The molecule has 1 fully saturated rings. The van der Waals surface area contributed by atoms with Crippen molar-refractivity contribution in [3.8, 4) is 0 Å². The van der Waals surface area contributed by atoms with Gasteiger partial charge in [0.2, 0.25) is 0 Å². The molecular formula is C9H18F3IN4. The van der Waals surface area contributed by atoms with Gasteiger partial charge in [-0.2, -0.15) is 13.2 Å². The first-order chi connectivity index (χ1) is 7.44. The van der Waals surface area contributed by atoms with Gasteiger partial charge in [-0.15, -0.1) is 24.0 Å². The minimum Gasteiger partial charge on any atom is -0.359 e. The standard InChI is InChI=1S/C9H17F3N4.HI/c1-13-8(14-2)15-7-3-4-16(5-7)6-9(10,11)12;/h7H,3-6H2,1-2H3,(H2,13,14,15);1H. The highest BCUT2D eigenvalue weighted by molar-refractivity contribution is 14.0. The van der Waals surface area contributed by atoms with E-state index in [1.807, 2.05) is 0 Å². The topological polar surface area (TPSA) is 39.7 Å². The van der Waals surface area contributed by atoms with E-state index in [-0.39, 0.29) is 30.0 Å². The molecule has 1 aliphatic heterocycles. The summed E-state index contributed by atoms with van der Waals surface area (Å²) in [6.45, 7) is 0.0431. The fourth-order valence-corrected chi connectivity index (χ4v) is 1.79. The Kier molecular flexibility index (Phi) is 7.14. The summed E-state index contributed by atoms with van der Waals surface area (Å²) in [5.41, 5.74) is 0. The Morgan fingerprint density at radius 3 is 2.59 bits per heavy atom. The molecule has 0 saturated carbocycles. The van der Waals surface area contributed by atoms with E-state index in [1.54, 1.807) is 14.1 Å². The highest BCUT2D eigenvalue weighted by Gasteiger charge is 2.34. The number of likely N-dealkylation sites (tertiary alicyclic amines) is 1. The maximum absolute atomic E-state index is 12.1. The van der Waals surface area contributed by atoms with Crippen molar-refractivity contribution in [3.05, 3.63) is 0 Å². The summed E-state index contributed by atoms with van der Waals surface area (Å²) in [4.78, 5) is 5.33. The second kappa shape index (κ2) is 7.24. The number of hydrogen-bond acceptors (Lipinski definition) is 2. The van der Waals surface area contributed by atoms with Crippen LogP contribution in [0.25, 0.3) is 0 Å². The third kappa shape index (κ3) is 6.29. The Morgan fingerprint density at radius 2 is 2.12 bits per heavy atom. The molecule has 0 bridgehead atoms. The van der Waals surface area contributed by atoms with E-state index in [2.05, 4.69) is 15.6 Å². The quantitative estimate of drug-likeness (QED) is 0.436. The number of hydrogen-bond donors (Lipinski definition) is 2. The van der Waals surface area contributed by atoms with E-state index in [1.165, 1.54) is 4.90 Å². The molecule has 0 aromatic rings. The zero-order chi connectivity index (χ0) is 12.2. The van der Waals surface area contributed by atoms with Gasteiger partial charge in [0, 0.05) is 33.2 Å². The second-order valence-corrected chi connectivity index (χ2v) is 3.80. The molecule has 8 heteroatoms. The molecule has 2 N–H and O–H groups in total. The van der Waals surface area contributed by atoms with Gasteiger partial charge in [0.1, 0.15) is 0 Å². The lowest BCUT2D eigenvalue weighted by molar-refractivity contribution is -0.143. The van der Waals surface area contributed by atoms with Crippen molar-refractivity contribution < 1.29 is 13.2 Å². The van der Waals surface area contributed by atoms with Crippen molar-refractivity contribution in [1.82, 2.24) is 15.5 Å². The highest BCUT2D eigenvalue weighted by Crippen LogP contribution is 2.19. The molecule has 1 aliphatic rings. The van der Waals surface area contributed by atoms with Gasteiger partial charge in [-0.05, 0) is 6.42 Å². The van der Waals surface area contributed by atoms with Gasteiger partial charge in [0.25, 0.3) is 0 Å². The lowest BCUT2D eigenvalue weighted by atomic mass is 10.3. The van der Waals surface area contributed by atoms with Crippen LogP contribution in [0.4, 0.5) is 13.2 Å². The van der Waals surface area contributed by atoms with Crippen molar-refractivity contribution in [2.75, 3.05) is 33.7 Å². The van der Waals surface area contributed by atoms with Crippen LogP contribution in [0.3, 0.4) is 0 Å². The second-order valence-electron chi connectivity index (χ2n) is 3.80. The molecule has 0 amide bonds. The van der Waals surface area contributed by atoms with Crippen LogP contribution in [-0.4, -0.2) is 56.8 Å². The van der Waals surface area contributed by atoms with Crippen LogP contribution in [0, 0.1) is 0 Å². The average molecular weight is 366 g/mol. The molecule has 1 rings (SSSR count). The maximum Gasteiger partial charge on any atom is 0.401 e. The van der Waals surface area contributed by atoms with Crippen molar-refractivity contribution in [2.45, 2.75) is 18.6 Å². The Labute approximate surface area is 116 Å². The summed E-state index contributed by atoms with van der Waals surface area (Å²) in [6, 6.07) is 0.0356. The van der Waals surface area contributed by atoms with Crippen molar-refractivity contribution in [3.63, 3.8) is 0 Å². The van der Waals surface area contributed by atoms with Crippen molar-refractivity contribution in [2.24, 2.45) is 4.99 Å². The molecular weight excluding hydrogens is 348 g/mol. The van der Waals surface area contributed by atoms with Crippen LogP contribution < -0.4 is 10.6 Å². The van der Waals surface area contributed by atoms with Crippen LogP contribution in [0.1, 0.15) is 6.42 Å². The van der Waals surface area contributed by atoms with Crippen LogP contribution in [0.5, 0.6) is 0 Å². The average Bonchev–Trinajstić information content (AvgIpc) is 2.59. The van der Waals surface area contributed by atoms with E-state index < -0.39 is 12.7 Å². The molecule has 17 heavy (non-hydrogen) atoms. The zero-order valence-electron chi connectivity index (χ0n) is 9.84. The first-order valence-electron chi connectivity index (χ1n) is 5.15. The predicted octanol–water partition coefficient (Wildman–Crippen LogP) is 1.04. The van der Waals surface area contributed by atoms with E-state index in [0.29, 0.717) is 25.5 Å². The van der Waals surface area contributed by atoms with Crippen LogP contribution in [0.15, 0.2) is 4.99 Å². The molecule has 1 saturated heterocycles. The van der Waals surface area contributed by atoms with Crippen LogP contribution in [0.2, 0.25) is 0 Å². The van der Waals surface area contributed by atoms with Gasteiger partial charge >= 0.3 is 6.18 Å². The van der Waals surface area contributed by atoms with Gasteiger partial charge in [0.05, 0.1) is 6.54 Å². The Hall–Kier alpha value is -0.250. The number of halogens is 4. The third-order valence-corrected chi connectivity index (χ3v) is 2.48. The molecule has 0 spiro atoms. The van der Waals surface area contributed by atoms with E-state index in [9.17, 15) is 13.2 Å². The highest BCUT2D eigenvalue weighted by atomic mass is 127. The van der Waals surface area contributed by atoms with Crippen LogP contribution in [-0.2, 0) is 0 Å². The van der Waals surface area contributed by atoms with E-state index >= 15 is 0 Å². The molecule has 0 aliphatic carbocycles. The van der Waals surface area contributed by atoms with E-state index in [4.69, 9.17) is 0 Å². The lowest BCUT2D eigenvalue weighted by Gasteiger charge is -2.19. The molecule has 1 unspecified atom stereocenters. The molecule has 0 radical (unpaired) electrons. The predicted molar refractivity (Wildman–Crippen MR) is 71.9 cm³/mol. The summed E-state index contributed by atoms with van der Waals surface area (Å²) < 4.78 is 36.4. The van der Waals surface area contributed by atoms with E-state index in [0.717, 1.165) is 0 Å². The molecule has 1 heterocycles. The fourth-order valence-electron chi connectivity index (χ4n) is 1.79. The number of alkyl halides is 3. The van der Waals surface area contributed by atoms with Crippen LogP contribution >= 0.6 is 24.0 Å². The van der Waals surface area contributed by atoms with Crippen molar-refractivity contribution >= 4 is 29.9 Å². The summed E-state index contributed by atoms with van der Waals surface area (Å²) >= 11 is 0.